The van der Waals surface area contributed by atoms with E-state index >= 15 is 0 Å². The number of Topliss-reactive ketones (excluding diaryl/α,β-unsaturated/α-hetero) is 1. The fourth-order valence-electron chi connectivity index (χ4n) is 9.38. The Morgan fingerprint density at radius 1 is 0.824 bits per heavy atom. The lowest BCUT2D eigenvalue weighted by Gasteiger charge is -2.36. The third kappa shape index (κ3) is 10.7. The topological polar surface area (TPSA) is 237 Å². The number of rotatable bonds is 21. The number of carbonyl (C=O) groups excluding carboxylic acids is 6. The molecule has 3 fully saturated rings. The zero-order chi connectivity index (χ0) is 47.7. The normalized spacial score (nSPS) is 17.6. The lowest BCUT2D eigenvalue weighted by atomic mass is 10.0. The summed E-state index contributed by atoms with van der Waals surface area (Å²) in [6.07, 6.45) is 9.33. The van der Waals surface area contributed by atoms with Crippen molar-refractivity contribution in [3.05, 3.63) is 75.3 Å². The molecule has 1 saturated carbocycles. The van der Waals surface area contributed by atoms with Crippen LogP contribution in [0.4, 0.5) is 23.1 Å². The molecule has 4 aromatic rings. The van der Waals surface area contributed by atoms with Gasteiger partial charge in [0.15, 0.2) is 5.78 Å². The number of benzene rings is 1. The molecule has 1 aromatic carbocycles. The maximum Gasteiger partial charge on any atom is 0.264 e. The average molecular weight is 935 g/mol. The Bertz CT molecular complexity index is 2610. The zero-order valence-electron chi connectivity index (χ0n) is 38.6. The van der Waals surface area contributed by atoms with Gasteiger partial charge in [-0.15, -0.1) is 0 Å². The van der Waals surface area contributed by atoms with E-state index in [9.17, 15) is 33.6 Å². The number of anilines is 4. The van der Waals surface area contributed by atoms with Crippen LogP contribution in [0.5, 0.6) is 0 Å². The number of ether oxygens (including phenoxy) is 3. The molecule has 68 heavy (non-hydrogen) atoms. The van der Waals surface area contributed by atoms with Gasteiger partial charge in [-0.1, -0.05) is 18.9 Å². The van der Waals surface area contributed by atoms with E-state index in [0.717, 1.165) is 49.1 Å². The smallest absolute Gasteiger partial charge is 0.264 e. The van der Waals surface area contributed by atoms with Gasteiger partial charge in [0.25, 0.3) is 17.4 Å². The number of piperazine rings is 1. The minimum atomic E-state index is -1.02. The summed E-state index contributed by atoms with van der Waals surface area (Å²) >= 11 is 0. The van der Waals surface area contributed by atoms with Crippen LogP contribution >= 0.6 is 0 Å². The Hall–Kier alpha value is -6.64. The van der Waals surface area contributed by atoms with E-state index in [1.807, 2.05) is 17.0 Å². The Labute approximate surface area is 393 Å². The number of nitrogens with zero attached hydrogens (tertiary/aromatic N) is 7. The van der Waals surface area contributed by atoms with Crippen molar-refractivity contribution in [1.82, 2.24) is 34.6 Å². The quantitative estimate of drug-likeness (QED) is 0.0610. The predicted octanol–water partition coefficient (Wildman–Crippen LogP) is 3.94. The van der Waals surface area contributed by atoms with Crippen LogP contribution in [-0.4, -0.2) is 143 Å². The van der Waals surface area contributed by atoms with Gasteiger partial charge in [0.2, 0.25) is 23.7 Å². The second-order valence-corrected chi connectivity index (χ2v) is 17.4. The van der Waals surface area contributed by atoms with E-state index in [1.165, 1.54) is 6.92 Å². The van der Waals surface area contributed by atoms with E-state index in [4.69, 9.17) is 19.2 Å². The number of piperidine rings is 1. The summed E-state index contributed by atoms with van der Waals surface area (Å²) in [6.45, 7) is 8.61. The molecule has 1 aliphatic carbocycles. The van der Waals surface area contributed by atoms with E-state index < -0.39 is 29.7 Å². The molecule has 0 bridgehead atoms. The summed E-state index contributed by atoms with van der Waals surface area (Å²) in [7, 11) is 0. The molecule has 1 unspecified atom stereocenters. The molecule has 0 spiro atoms. The highest BCUT2D eigenvalue weighted by molar-refractivity contribution is 6.25. The van der Waals surface area contributed by atoms with Crippen LogP contribution in [-0.2, 0) is 28.6 Å². The van der Waals surface area contributed by atoms with Gasteiger partial charge in [-0.2, -0.15) is 4.98 Å². The van der Waals surface area contributed by atoms with Crippen LogP contribution in [0, 0.1) is 6.92 Å². The first-order valence-electron chi connectivity index (χ1n) is 23.5. The largest absolute Gasteiger partial charge is 0.382 e. The minimum Gasteiger partial charge on any atom is -0.382 e. The van der Waals surface area contributed by atoms with Crippen LogP contribution in [0.3, 0.4) is 0 Å². The number of ketones is 1. The molecule has 3 aliphatic heterocycles. The molecule has 5 amide bonds. The van der Waals surface area contributed by atoms with Crippen molar-refractivity contribution in [2.75, 3.05) is 87.9 Å². The van der Waals surface area contributed by atoms with Crippen LogP contribution in [0.1, 0.15) is 107 Å². The maximum atomic E-state index is 13.6. The molecule has 0 radical (unpaired) electrons. The van der Waals surface area contributed by atoms with Crippen molar-refractivity contribution in [3.63, 3.8) is 0 Å². The average Bonchev–Trinajstić information content (AvgIpc) is 3.95. The number of imide groups is 2. The number of aryl methyl sites for hydroxylation is 1. The van der Waals surface area contributed by atoms with Gasteiger partial charge in [0, 0.05) is 75.5 Å². The summed E-state index contributed by atoms with van der Waals surface area (Å²) in [4.78, 5) is 108. The number of amides is 5. The molecule has 4 aliphatic rings. The van der Waals surface area contributed by atoms with Gasteiger partial charge in [-0.25, -0.2) is 9.97 Å². The molecule has 3 aromatic heterocycles. The first kappa shape index (κ1) is 47.8. The molecular formula is C48H58N10O10. The fraction of sp³-hybridized carbons (Fsp3) is 0.500. The van der Waals surface area contributed by atoms with Gasteiger partial charge < -0.3 is 34.6 Å². The van der Waals surface area contributed by atoms with Gasteiger partial charge in [-0.05, 0) is 75.8 Å². The Morgan fingerprint density at radius 3 is 2.26 bits per heavy atom. The minimum absolute atomic E-state index is 0.00982. The van der Waals surface area contributed by atoms with E-state index in [2.05, 4.69) is 30.8 Å². The number of nitrogens with one attached hydrogen (secondary N) is 3. The Kier molecular flexibility index (Phi) is 15.5. The van der Waals surface area contributed by atoms with Crippen LogP contribution in [0.25, 0.3) is 11.0 Å². The number of unbranched alkanes of at least 4 members (excludes halogenated alkanes) is 1. The zero-order valence-corrected chi connectivity index (χ0v) is 38.6. The number of aromatic nitrogens is 4. The van der Waals surface area contributed by atoms with E-state index in [0.29, 0.717) is 113 Å². The van der Waals surface area contributed by atoms with Crippen molar-refractivity contribution >= 4 is 69.5 Å². The molecule has 6 heterocycles. The van der Waals surface area contributed by atoms with Gasteiger partial charge in [0.05, 0.1) is 61.6 Å². The Balaban J connectivity index is 0.668. The van der Waals surface area contributed by atoms with Gasteiger partial charge in [-0.3, -0.25) is 48.3 Å². The Morgan fingerprint density at radius 2 is 1.56 bits per heavy atom. The summed E-state index contributed by atoms with van der Waals surface area (Å²) in [5, 5.41) is 9.21. The molecule has 2 saturated heterocycles. The predicted molar refractivity (Wildman–Crippen MR) is 250 cm³/mol. The molecule has 20 heteroatoms. The highest BCUT2D eigenvalue weighted by Crippen LogP contribution is 2.34. The van der Waals surface area contributed by atoms with Crippen LogP contribution in [0.2, 0.25) is 0 Å². The lowest BCUT2D eigenvalue weighted by molar-refractivity contribution is -0.136. The molecule has 1 atom stereocenters. The standard InChI is InChI=1S/C48H58N10O10/c1-30-35-29-51-48(54-43(35)57(32-8-3-4-9-32)46(64)41(30)31(2)59)52-38-15-13-33(28-50-38)55-18-20-56(21-19-55)40(61)12-5-6-22-66-24-26-68-27-25-67-23-17-49-36-11-7-10-34-42(36)47(65)58(45(34)63)37-14-16-39(60)53-44(37)62/h7,10-11,13,15,28-29,32,37,49H,3-6,8-9,12,14,16-27H2,1-2H3,(H,53,60,62)(H,50,51,52,54). The number of fused-ring (bicyclic) bond motifs is 2. The third-order valence-corrected chi connectivity index (χ3v) is 12.9. The number of hydrogen-bond acceptors (Lipinski definition) is 16. The van der Waals surface area contributed by atoms with Crippen molar-refractivity contribution in [2.45, 2.75) is 83.7 Å². The van der Waals surface area contributed by atoms with E-state index in [1.54, 1.807) is 42.1 Å². The second-order valence-electron chi connectivity index (χ2n) is 17.4. The van der Waals surface area contributed by atoms with Gasteiger partial charge in [0.1, 0.15) is 17.5 Å². The third-order valence-electron chi connectivity index (χ3n) is 12.9. The SMILES string of the molecule is CC(=O)c1c(C)c2cnc(Nc3ccc(N4CCN(C(=O)CCCCOCCOCCOCCNc5cccc6c5C(=O)N(C5CCC(=O)NC5=O)C6=O)CC4)cn3)nc2n(C2CCCC2)c1=O. The summed E-state index contributed by atoms with van der Waals surface area (Å²) in [6, 6.07) is 7.71. The maximum absolute atomic E-state index is 13.6. The van der Waals surface area contributed by atoms with E-state index in [-0.39, 0.29) is 52.8 Å². The number of carbonyl (C=O) groups is 6. The lowest BCUT2D eigenvalue weighted by Crippen LogP contribution is -2.54. The van der Waals surface area contributed by atoms with Crippen molar-refractivity contribution in [1.29, 1.82) is 0 Å². The van der Waals surface area contributed by atoms with Gasteiger partial charge >= 0.3 is 0 Å². The first-order chi connectivity index (χ1) is 33.0. The number of pyridine rings is 2. The summed E-state index contributed by atoms with van der Waals surface area (Å²) in [5.74, 6) is -1.46. The summed E-state index contributed by atoms with van der Waals surface area (Å²) in [5.41, 5.74) is 2.85. The molecular weight excluding hydrogens is 877 g/mol. The monoisotopic (exact) mass is 934 g/mol. The van der Waals surface area contributed by atoms with Crippen LogP contribution in [0.15, 0.2) is 47.5 Å². The molecule has 360 valence electrons. The second kappa shape index (κ2) is 22.0. The molecule has 3 N–H and O–H groups in total. The van der Waals surface area contributed by atoms with Crippen molar-refractivity contribution in [2.24, 2.45) is 0 Å². The highest BCUT2D eigenvalue weighted by Gasteiger charge is 2.45. The fourth-order valence-corrected chi connectivity index (χ4v) is 9.38. The molecule has 8 rings (SSSR count). The number of hydrogen-bond donors (Lipinski definition) is 3. The van der Waals surface area contributed by atoms with Crippen molar-refractivity contribution in [3.8, 4) is 0 Å². The molecule has 20 nitrogen and oxygen atoms in total. The van der Waals surface area contributed by atoms with Crippen LogP contribution < -0.4 is 26.4 Å². The summed E-state index contributed by atoms with van der Waals surface area (Å²) < 4.78 is 18.6. The van der Waals surface area contributed by atoms with Crippen molar-refractivity contribution < 1.29 is 43.0 Å². The highest BCUT2D eigenvalue weighted by atomic mass is 16.5. The first-order valence-corrected chi connectivity index (χ1v) is 23.5.